The zero-order chi connectivity index (χ0) is 95.8. The van der Waals surface area contributed by atoms with Gasteiger partial charge in [-0.2, -0.15) is 0 Å². The molecular weight excluding hydrogens is 1630 g/mol. The van der Waals surface area contributed by atoms with E-state index in [0.717, 1.165) is 100 Å². The topological polar surface area (TPSA) is 285 Å². The first kappa shape index (κ1) is 112. The Kier molecular flexibility index (Phi) is 41.5. The van der Waals surface area contributed by atoms with E-state index in [9.17, 15) is 9.59 Å². The Morgan fingerprint density at radius 3 is 0.690 bits per heavy atom. The average molecular weight is 1820 g/mol. The number of nitrogens with one attached hydrogen (secondary N) is 6. The van der Waals surface area contributed by atoms with Crippen LogP contribution in [0.4, 0.5) is 0 Å². The standard InChI is InChI=1S/C105H186N6O18/c1-28-30-47-104(87(114)126-59-37-53-120-81-68-95(11,12)108-96(13,14)69-81,88(115)127-60-38-54-121-82-70-97(15,16)109-98(17,18)71-82)49-33-42-77-45-44-76(41-32-46-103(27,85(112)124-57-35-51-118-79-64-91(3,4)106-92(5,6)65-79)86(113)125-58-36-52-119-80-66-93(7,8)107-94(9,10)67-80)63-78(77)43-34-50-105(48-31-29-2,89(116)128-61-39-55-122-83-72-99(19,20)110-100(21,22)73-83)90(117)129-62-40-56-123-84-74-101(23,24)111-102(25,26)75-84/h44-45,63,79-84,106-111H,28-43,46-62,64-75H2,1-27H3. The summed E-state index contributed by atoms with van der Waals surface area (Å²) in [6.45, 7) is 61.0. The van der Waals surface area contributed by atoms with Crippen molar-refractivity contribution < 1.29 is 85.6 Å². The van der Waals surface area contributed by atoms with Gasteiger partial charge >= 0.3 is 35.8 Å². The van der Waals surface area contributed by atoms with Gasteiger partial charge in [0.25, 0.3) is 0 Å². The summed E-state index contributed by atoms with van der Waals surface area (Å²) in [6, 6.07) is 6.33. The molecule has 1 aromatic rings. The third-order valence-electron chi connectivity index (χ3n) is 27.1. The van der Waals surface area contributed by atoms with Crippen LogP contribution in [0.2, 0.25) is 0 Å². The molecule has 0 unspecified atom stereocenters. The zero-order valence-electron chi connectivity index (χ0n) is 86.4. The lowest BCUT2D eigenvalue weighted by Crippen LogP contribution is -2.59. The molecule has 1 aromatic carbocycles. The van der Waals surface area contributed by atoms with Crippen LogP contribution in [0.3, 0.4) is 0 Å². The Labute approximate surface area is 781 Å². The van der Waals surface area contributed by atoms with Crippen LogP contribution in [0, 0.1) is 16.2 Å². The number of rotatable bonds is 54. The Morgan fingerprint density at radius 1 is 0.264 bits per heavy atom. The minimum absolute atomic E-state index is 0.0204. The van der Waals surface area contributed by atoms with Gasteiger partial charge in [0.2, 0.25) is 0 Å². The third-order valence-corrected chi connectivity index (χ3v) is 27.1. The van der Waals surface area contributed by atoms with Gasteiger partial charge in [-0.1, -0.05) is 57.7 Å². The van der Waals surface area contributed by atoms with Crippen molar-refractivity contribution in [3.05, 3.63) is 34.9 Å². The fourth-order valence-corrected chi connectivity index (χ4v) is 23.4. The molecule has 0 bridgehead atoms. The van der Waals surface area contributed by atoms with Gasteiger partial charge in [0.1, 0.15) is 0 Å². The van der Waals surface area contributed by atoms with Crippen LogP contribution in [0.25, 0.3) is 0 Å². The third kappa shape index (κ3) is 37.9. The lowest BCUT2D eigenvalue weighted by atomic mass is 9.76. The molecule has 6 aliphatic rings. The number of esters is 6. The van der Waals surface area contributed by atoms with Crippen LogP contribution in [0.5, 0.6) is 0 Å². The second kappa shape index (κ2) is 48.0. The summed E-state index contributed by atoms with van der Waals surface area (Å²) in [6.07, 6.45) is 18.8. The van der Waals surface area contributed by atoms with E-state index < -0.39 is 52.1 Å². The van der Waals surface area contributed by atoms with Gasteiger partial charge in [-0.25, -0.2) is 0 Å². The number of ether oxygens (including phenoxy) is 12. The maximum absolute atomic E-state index is 15.4. The highest BCUT2D eigenvalue weighted by Crippen LogP contribution is 2.42. The molecule has 6 N–H and O–H groups in total. The summed E-state index contributed by atoms with van der Waals surface area (Å²) < 4.78 is 76.2. The van der Waals surface area contributed by atoms with E-state index in [0.29, 0.717) is 136 Å². The van der Waals surface area contributed by atoms with Gasteiger partial charge in [-0.15, -0.1) is 0 Å². The van der Waals surface area contributed by atoms with E-state index in [1.165, 1.54) is 0 Å². The van der Waals surface area contributed by atoms with Crippen molar-refractivity contribution in [3.8, 4) is 0 Å². The van der Waals surface area contributed by atoms with Gasteiger partial charge in [0.15, 0.2) is 16.2 Å². The predicted molar refractivity (Wildman–Crippen MR) is 512 cm³/mol. The van der Waals surface area contributed by atoms with Gasteiger partial charge in [0.05, 0.1) is 116 Å². The minimum atomic E-state index is -1.66. The quantitative estimate of drug-likeness (QED) is 0.0153. The summed E-state index contributed by atoms with van der Waals surface area (Å²) in [5, 5.41) is 22.4. The van der Waals surface area contributed by atoms with Crippen LogP contribution in [0.15, 0.2) is 18.2 Å². The first-order valence-electron chi connectivity index (χ1n) is 50.5. The number of aryl methyl sites for hydroxylation is 3. The second-order valence-electron chi connectivity index (χ2n) is 48.1. The first-order valence-corrected chi connectivity index (χ1v) is 50.5. The highest BCUT2D eigenvalue weighted by molar-refractivity contribution is 6.01. The molecule has 0 spiro atoms. The van der Waals surface area contributed by atoms with Gasteiger partial charge in [-0.3, -0.25) is 28.8 Å². The molecule has 24 nitrogen and oxygen atoms in total. The van der Waals surface area contributed by atoms with E-state index in [-0.39, 0.29) is 175 Å². The summed E-state index contributed by atoms with van der Waals surface area (Å²) >= 11 is 0. The van der Waals surface area contributed by atoms with Crippen LogP contribution in [-0.2, 0) is 105 Å². The molecule has 744 valence electrons. The number of benzene rings is 1. The Bertz CT molecular complexity index is 3380. The van der Waals surface area contributed by atoms with Gasteiger partial charge in [0, 0.05) is 105 Å². The maximum Gasteiger partial charge on any atom is 0.323 e. The van der Waals surface area contributed by atoms with Crippen molar-refractivity contribution in [1.82, 2.24) is 31.9 Å². The number of unbranched alkanes of at least 4 members (excludes halogenated alkanes) is 2. The highest BCUT2D eigenvalue weighted by Gasteiger charge is 2.52. The second-order valence-corrected chi connectivity index (χ2v) is 48.1. The molecule has 6 aliphatic heterocycles. The molecule has 0 saturated carbocycles. The number of carbonyl (C=O) groups is 6. The molecule has 6 heterocycles. The molecule has 0 amide bonds. The van der Waals surface area contributed by atoms with E-state index in [1.54, 1.807) is 6.92 Å². The van der Waals surface area contributed by atoms with E-state index >= 15 is 19.2 Å². The summed E-state index contributed by atoms with van der Waals surface area (Å²) in [4.78, 5) is 90.7. The number of piperidine rings is 6. The number of carbonyl (C=O) groups excluding carboxylic acids is 6. The Morgan fingerprint density at radius 2 is 0.465 bits per heavy atom. The van der Waals surface area contributed by atoms with E-state index in [4.69, 9.17) is 56.8 Å². The molecule has 7 rings (SSSR count). The molecule has 0 atom stereocenters. The average Bonchev–Trinajstić information content (AvgIpc) is 0.803. The molecule has 129 heavy (non-hydrogen) atoms. The molecule has 6 fully saturated rings. The maximum atomic E-state index is 15.4. The van der Waals surface area contributed by atoms with Crippen LogP contribution >= 0.6 is 0 Å². The van der Waals surface area contributed by atoms with Crippen LogP contribution < -0.4 is 31.9 Å². The lowest BCUT2D eigenvalue weighted by Gasteiger charge is -2.46. The molecule has 0 aromatic heterocycles. The Balaban J connectivity index is 1.18. The lowest BCUT2D eigenvalue weighted by molar-refractivity contribution is -0.176. The summed E-state index contributed by atoms with van der Waals surface area (Å²) in [5.41, 5.74) is -3.44. The van der Waals surface area contributed by atoms with Crippen LogP contribution in [-0.4, -0.2) is 218 Å². The van der Waals surface area contributed by atoms with E-state index in [2.05, 4.69) is 223 Å². The number of hydrogen-bond acceptors (Lipinski definition) is 24. The molecular formula is C105H186N6O18. The van der Waals surface area contributed by atoms with Crippen molar-refractivity contribution in [1.29, 1.82) is 0 Å². The SMILES string of the molecule is CCCCC(CCCc1ccc(CCCC(C)(C(=O)OCCCOC2CC(C)(C)NC(C)(C)C2)C(=O)OCCCOC2CC(C)(C)NC(C)(C)C2)cc1CCCC(CCCC)(C(=O)OCCCOC1CC(C)(C)NC(C)(C)C1)C(=O)OCCCOC1CC(C)(C)NC(C)(C)C1)(C(=O)OCCCOC1CC(C)(C)NC(C)(C)C1)C(=O)OCCCOC1CC(C)(C)NC(C)(C)C1. The highest BCUT2D eigenvalue weighted by atomic mass is 16.6. The fraction of sp³-hybridized carbons (Fsp3) is 0.886. The van der Waals surface area contributed by atoms with Crippen LogP contribution in [0.1, 0.15) is 396 Å². The molecule has 0 radical (unpaired) electrons. The summed E-state index contributed by atoms with van der Waals surface area (Å²) in [7, 11) is 0. The number of hydrogen-bond donors (Lipinski definition) is 6. The van der Waals surface area contributed by atoms with Crippen molar-refractivity contribution in [2.75, 3.05) is 79.3 Å². The molecule has 24 heteroatoms. The largest absolute Gasteiger partial charge is 0.465 e. The zero-order valence-corrected chi connectivity index (χ0v) is 86.4. The molecule has 0 aliphatic carbocycles. The van der Waals surface area contributed by atoms with Crippen molar-refractivity contribution in [2.24, 2.45) is 16.2 Å². The van der Waals surface area contributed by atoms with Crippen molar-refractivity contribution in [2.45, 2.75) is 502 Å². The van der Waals surface area contributed by atoms with E-state index in [1.807, 2.05) is 6.92 Å². The monoisotopic (exact) mass is 1820 g/mol. The van der Waals surface area contributed by atoms with Gasteiger partial charge < -0.3 is 88.7 Å². The Hall–Kier alpha value is -4.44. The summed E-state index contributed by atoms with van der Waals surface area (Å²) in [5.74, 6) is -3.74. The first-order chi connectivity index (χ1) is 59.9. The fourth-order valence-electron chi connectivity index (χ4n) is 23.4. The van der Waals surface area contributed by atoms with Gasteiger partial charge in [-0.05, 0) is 337 Å². The van der Waals surface area contributed by atoms with Crippen molar-refractivity contribution >= 4 is 35.8 Å². The minimum Gasteiger partial charge on any atom is -0.465 e. The molecule has 6 saturated heterocycles. The predicted octanol–water partition coefficient (Wildman–Crippen LogP) is 18.6. The van der Waals surface area contributed by atoms with Crippen molar-refractivity contribution in [3.63, 3.8) is 0 Å². The smallest absolute Gasteiger partial charge is 0.323 e. The normalized spacial score (nSPS) is 22.1.